The normalized spacial score (nSPS) is 28.4. The topological polar surface area (TPSA) is 12.0 Å². The average Bonchev–Trinajstić information content (AvgIpc) is 2.37. The first kappa shape index (κ1) is 15.4. The summed E-state index contributed by atoms with van der Waals surface area (Å²) < 4.78 is 27.3. The highest BCUT2D eigenvalue weighted by Crippen LogP contribution is 2.29. The lowest BCUT2D eigenvalue weighted by Crippen LogP contribution is -2.44. The number of hydrogen-bond donors (Lipinski definition) is 1. The highest BCUT2D eigenvalue weighted by molar-refractivity contribution is 5.20. The Labute approximate surface area is 120 Å². The van der Waals surface area contributed by atoms with Crippen molar-refractivity contribution in [1.82, 2.24) is 5.32 Å². The molecule has 0 amide bonds. The van der Waals surface area contributed by atoms with Crippen LogP contribution < -0.4 is 5.32 Å². The van der Waals surface area contributed by atoms with Crippen molar-refractivity contribution in [2.75, 3.05) is 0 Å². The van der Waals surface area contributed by atoms with Crippen LogP contribution in [0.3, 0.4) is 0 Å². The van der Waals surface area contributed by atoms with Crippen LogP contribution in [0.25, 0.3) is 0 Å². The van der Waals surface area contributed by atoms with Gasteiger partial charge < -0.3 is 5.32 Å². The van der Waals surface area contributed by atoms with E-state index in [-0.39, 0.29) is 11.6 Å². The van der Waals surface area contributed by atoms with E-state index in [0.717, 1.165) is 12.3 Å². The fourth-order valence-electron chi connectivity index (χ4n) is 3.37. The van der Waals surface area contributed by atoms with Gasteiger partial charge in [0.25, 0.3) is 0 Å². The van der Waals surface area contributed by atoms with Gasteiger partial charge in [0.2, 0.25) is 0 Å². The summed E-state index contributed by atoms with van der Waals surface area (Å²) in [6.45, 7) is 6.57. The number of hydrogen-bond acceptors (Lipinski definition) is 1. The Hall–Kier alpha value is -0.960. The van der Waals surface area contributed by atoms with E-state index in [0.29, 0.717) is 18.4 Å². The van der Waals surface area contributed by atoms with Crippen LogP contribution >= 0.6 is 0 Å². The van der Waals surface area contributed by atoms with Crippen molar-refractivity contribution in [2.45, 2.75) is 58.5 Å². The molecule has 0 spiro atoms. The molecule has 0 aromatic heterocycles. The lowest BCUT2D eigenvalue weighted by Gasteiger charge is -2.35. The van der Waals surface area contributed by atoms with E-state index >= 15 is 0 Å². The molecule has 3 heteroatoms. The smallest absolute Gasteiger partial charge is 0.129 e. The molecule has 1 saturated carbocycles. The zero-order valence-electron chi connectivity index (χ0n) is 12.6. The van der Waals surface area contributed by atoms with Gasteiger partial charge in [0.05, 0.1) is 0 Å². The minimum Gasteiger partial charge on any atom is -0.311 e. The maximum atomic E-state index is 13.6. The Bertz CT molecular complexity index is 426. The summed E-state index contributed by atoms with van der Waals surface area (Å²) in [5, 5.41) is 3.56. The molecule has 112 valence electrons. The minimum absolute atomic E-state index is 0.0854. The quantitative estimate of drug-likeness (QED) is 0.867. The van der Waals surface area contributed by atoms with Gasteiger partial charge >= 0.3 is 0 Å². The third kappa shape index (κ3) is 3.78. The number of nitrogens with one attached hydrogen (secondary N) is 1. The molecule has 1 aliphatic rings. The van der Waals surface area contributed by atoms with Gasteiger partial charge in [0, 0.05) is 17.6 Å². The Balaban J connectivity index is 1.94. The maximum absolute atomic E-state index is 13.6. The third-order valence-corrected chi connectivity index (χ3v) is 4.50. The number of rotatable bonds is 4. The molecule has 1 aromatic carbocycles. The van der Waals surface area contributed by atoms with Crippen LogP contribution in [-0.2, 0) is 6.42 Å². The van der Waals surface area contributed by atoms with E-state index in [2.05, 4.69) is 19.2 Å². The largest absolute Gasteiger partial charge is 0.311 e. The summed E-state index contributed by atoms with van der Waals surface area (Å²) in [4.78, 5) is 0. The van der Waals surface area contributed by atoms with Crippen molar-refractivity contribution in [3.63, 3.8) is 0 Å². The molecule has 0 bridgehead atoms. The molecule has 1 aromatic rings. The van der Waals surface area contributed by atoms with E-state index in [4.69, 9.17) is 0 Å². The first-order valence-corrected chi connectivity index (χ1v) is 7.66. The molecular weight excluding hydrogens is 256 g/mol. The van der Waals surface area contributed by atoms with Crippen molar-refractivity contribution in [3.05, 3.63) is 35.4 Å². The van der Waals surface area contributed by atoms with E-state index in [1.54, 1.807) is 0 Å². The van der Waals surface area contributed by atoms with Crippen molar-refractivity contribution in [1.29, 1.82) is 0 Å². The molecule has 20 heavy (non-hydrogen) atoms. The predicted molar refractivity (Wildman–Crippen MR) is 78.6 cm³/mol. The van der Waals surface area contributed by atoms with Crippen LogP contribution in [0.15, 0.2) is 18.2 Å². The Morgan fingerprint density at radius 2 is 1.85 bits per heavy atom. The van der Waals surface area contributed by atoms with Gasteiger partial charge in [-0.15, -0.1) is 0 Å². The number of halogens is 2. The first-order valence-electron chi connectivity index (χ1n) is 7.66. The van der Waals surface area contributed by atoms with Gasteiger partial charge in [-0.25, -0.2) is 8.78 Å². The van der Waals surface area contributed by atoms with Gasteiger partial charge in [-0.05, 0) is 56.6 Å². The van der Waals surface area contributed by atoms with Gasteiger partial charge in [-0.3, -0.25) is 0 Å². The molecule has 2 rings (SSSR count). The van der Waals surface area contributed by atoms with Crippen molar-refractivity contribution in [2.24, 2.45) is 11.8 Å². The molecule has 1 nitrogen and oxygen atoms in total. The Kier molecular flexibility index (Phi) is 5.14. The van der Waals surface area contributed by atoms with Crippen molar-refractivity contribution >= 4 is 0 Å². The monoisotopic (exact) mass is 281 g/mol. The van der Waals surface area contributed by atoms with E-state index in [1.165, 1.54) is 31.0 Å². The van der Waals surface area contributed by atoms with E-state index in [9.17, 15) is 8.78 Å². The fraction of sp³-hybridized carbons (Fsp3) is 0.647. The molecule has 4 atom stereocenters. The van der Waals surface area contributed by atoms with E-state index < -0.39 is 11.6 Å². The highest BCUT2D eigenvalue weighted by Gasteiger charge is 2.26. The van der Waals surface area contributed by atoms with Crippen LogP contribution in [0.5, 0.6) is 0 Å². The molecule has 0 heterocycles. The highest BCUT2D eigenvalue weighted by atomic mass is 19.1. The second kappa shape index (κ2) is 6.66. The molecule has 4 unspecified atom stereocenters. The zero-order valence-corrected chi connectivity index (χ0v) is 12.6. The lowest BCUT2D eigenvalue weighted by atomic mass is 9.79. The third-order valence-electron chi connectivity index (χ3n) is 4.50. The molecular formula is C17H25F2N. The summed E-state index contributed by atoms with van der Waals surface area (Å²) in [5.74, 6) is 0.543. The predicted octanol–water partition coefficient (Wildman–Crippen LogP) is 4.31. The standard InChI is InChI=1S/C17H25F2N/c1-11-7-8-17(12(2)9-11)20-13(3)10-14-15(18)5-4-6-16(14)19/h4-6,11-13,17,20H,7-10H2,1-3H3. The van der Waals surface area contributed by atoms with Crippen molar-refractivity contribution < 1.29 is 8.78 Å². The minimum atomic E-state index is -0.441. The Morgan fingerprint density at radius 3 is 2.45 bits per heavy atom. The summed E-state index contributed by atoms with van der Waals surface area (Å²) in [5.41, 5.74) is 0.198. The molecule has 1 N–H and O–H groups in total. The Morgan fingerprint density at radius 1 is 1.20 bits per heavy atom. The molecule has 1 aliphatic carbocycles. The summed E-state index contributed by atoms with van der Waals surface area (Å²) in [7, 11) is 0. The number of benzene rings is 1. The maximum Gasteiger partial charge on any atom is 0.129 e. The summed E-state index contributed by atoms with van der Waals surface area (Å²) >= 11 is 0. The van der Waals surface area contributed by atoms with Crippen LogP contribution in [0.2, 0.25) is 0 Å². The van der Waals surface area contributed by atoms with Crippen LogP contribution in [-0.4, -0.2) is 12.1 Å². The summed E-state index contributed by atoms with van der Waals surface area (Å²) in [6.07, 6.45) is 4.03. The van der Waals surface area contributed by atoms with Crippen molar-refractivity contribution in [3.8, 4) is 0 Å². The second-order valence-corrected chi connectivity index (χ2v) is 6.47. The first-order chi connectivity index (χ1) is 9.47. The lowest BCUT2D eigenvalue weighted by molar-refractivity contribution is 0.215. The molecule has 0 aliphatic heterocycles. The SMILES string of the molecule is CC1CCC(NC(C)Cc2c(F)cccc2F)C(C)C1. The molecule has 0 saturated heterocycles. The summed E-state index contributed by atoms with van der Waals surface area (Å²) in [6, 6.07) is 4.63. The molecule has 1 fully saturated rings. The van der Waals surface area contributed by atoms with Crippen LogP contribution in [0.1, 0.15) is 45.6 Å². The van der Waals surface area contributed by atoms with Gasteiger partial charge in [-0.2, -0.15) is 0 Å². The fourth-order valence-corrected chi connectivity index (χ4v) is 3.37. The van der Waals surface area contributed by atoms with E-state index in [1.807, 2.05) is 6.92 Å². The second-order valence-electron chi connectivity index (χ2n) is 6.47. The molecule has 0 radical (unpaired) electrons. The van der Waals surface area contributed by atoms with Crippen LogP contribution in [0, 0.1) is 23.5 Å². The van der Waals surface area contributed by atoms with Gasteiger partial charge in [-0.1, -0.05) is 19.9 Å². The van der Waals surface area contributed by atoms with Gasteiger partial charge in [0.15, 0.2) is 0 Å². The van der Waals surface area contributed by atoms with Gasteiger partial charge in [0.1, 0.15) is 11.6 Å². The van der Waals surface area contributed by atoms with Crippen LogP contribution in [0.4, 0.5) is 8.78 Å². The average molecular weight is 281 g/mol. The zero-order chi connectivity index (χ0) is 14.7.